The summed E-state index contributed by atoms with van der Waals surface area (Å²) in [5.74, 6) is -0.744. The summed E-state index contributed by atoms with van der Waals surface area (Å²) in [4.78, 5) is 29.5. The maximum absolute atomic E-state index is 13.3. The van der Waals surface area contributed by atoms with Gasteiger partial charge in [0.05, 0.1) is 12.0 Å². The SMILES string of the molecule is O=C(C=Cc1ccccc1)N1CC[C@@H](O)[C@@H](C(=O)N2CCCc3ccccc3C2)C1. The number of nitrogens with zero attached hydrogens (tertiary/aromatic N) is 2. The van der Waals surface area contributed by atoms with Gasteiger partial charge in [-0.05, 0) is 42.0 Å². The van der Waals surface area contributed by atoms with Gasteiger partial charge in [-0.1, -0.05) is 54.6 Å². The van der Waals surface area contributed by atoms with E-state index in [1.807, 2.05) is 47.4 Å². The zero-order valence-corrected chi connectivity index (χ0v) is 17.1. The Kier molecular flexibility index (Phi) is 6.29. The Balaban J connectivity index is 1.43. The van der Waals surface area contributed by atoms with Crippen LogP contribution in [-0.4, -0.2) is 52.5 Å². The summed E-state index contributed by atoms with van der Waals surface area (Å²) < 4.78 is 0. The number of hydrogen-bond acceptors (Lipinski definition) is 3. The van der Waals surface area contributed by atoms with E-state index in [4.69, 9.17) is 0 Å². The number of fused-ring (bicyclic) bond motifs is 1. The van der Waals surface area contributed by atoms with Crippen LogP contribution in [0, 0.1) is 5.92 Å². The molecule has 2 aliphatic heterocycles. The van der Waals surface area contributed by atoms with Crippen molar-refractivity contribution in [2.24, 2.45) is 5.92 Å². The van der Waals surface area contributed by atoms with Crippen LogP contribution in [0.15, 0.2) is 60.7 Å². The van der Waals surface area contributed by atoms with Crippen molar-refractivity contribution in [1.82, 2.24) is 9.80 Å². The molecule has 5 nitrogen and oxygen atoms in total. The average molecular weight is 405 g/mol. The maximum Gasteiger partial charge on any atom is 0.246 e. The van der Waals surface area contributed by atoms with Gasteiger partial charge in [0.25, 0.3) is 0 Å². The van der Waals surface area contributed by atoms with E-state index < -0.39 is 12.0 Å². The second-order valence-electron chi connectivity index (χ2n) is 8.12. The highest BCUT2D eigenvalue weighted by Crippen LogP contribution is 2.24. The van der Waals surface area contributed by atoms with Crippen LogP contribution in [0.2, 0.25) is 0 Å². The van der Waals surface area contributed by atoms with Gasteiger partial charge in [-0.15, -0.1) is 0 Å². The number of piperidine rings is 1. The summed E-state index contributed by atoms with van der Waals surface area (Å²) in [6.45, 7) is 1.97. The number of hydrogen-bond donors (Lipinski definition) is 1. The molecule has 0 bridgehead atoms. The van der Waals surface area contributed by atoms with Crippen molar-refractivity contribution in [2.75, 3.05) is 19.6 Å². The van der Waals surface area contributed by atoms with E-state index in [0.29, 0.717) is 26.1 Å². The van der Waals surface area contributed by atoms with Crippen LogP contribution in [-0.2, 0) is 22.6 Å². The zero-order valence-electron chi connectivity index (χ0n) is 17.1. The molecule has 1 fully saturated rings. The van der Waals surface area contributed by atoms with Gasteiger partial charge in [-0.2, -0.15) is 0 Å². The number of aliphatic hydroxyl groups excluding tert-OH is 1. The van der Waals surface area contributed by atoms with E-state index in [0.717, 1.165) is 18.4 Å². The first kappa shape index (κ1) is 20.4. The average Bonchev–Trinajstić information content (AvgIpc) is 3.00. The second-order valence-corrected chi connectivity index (χ2v) is 8.12. The minimum atomic E-state index is -0.710. The van der Waals surface area contributed by atoms with Crippen LogP contribution in [0.4, 0.5) is 0 Å². The van der Waals surface area contributed by atoms with E-state index in [1.165, 1.54) is 11.1 Å². The molecule has 2 aromatic carbocycles. The van der Waals surface area contributed by atoms with E-state index in [9.17, 15) is 14.7 Å². The number of benzene rings is 2. The molecule has 2 heterocycles. The van der Waals surface area contributed by atoms with Crippen LogP contribution in [0.1, 0.15) is 29.5 Å². The van der Waals surface area contributed by atoms with E-state index in [2.05, 4.69) is 12.1 Å². The molecule has 1 saturated heterocycles. The number of likely N-dealkylation sites (tertiary alicyclic amines) is 1. The molecule has 0 saturated carbocycles. The number of amides is 2. The summed E-state index contributed by atoms with van der Waals surface area (Å²) in [7, 11) is 0. The smallest absolute Gasteiger partial charge is 0.246 e. The molecule has 156 valence electrons. The minimum absolute atomic E-state index is 0.0521. The number of aliphatic hydroxyl groups is 1. The molecule has 0 spiro atoms. The molecule has 5 heteroatoms. The van der Waals surface area contributed by atoms with Crippen LogP contribution < -0.4 is 0 Å². The van der Waals surface area contributed by atoms with E-state index in [-0.39, 0.29) is 18.4 Å². The Morgan fingerprint density at radius 2 is 1.67 bits per heavy atom. The second kappa shape index (κ2) is 9.26. The van der Waals surface area contributed by atoms with Crippen molar-refractivity contribution < 1.29 is 14.7 Å². The van der Waals surface area contributed by atoms with Gasteiger partial charge in [0, 0.05) is 32.3 Å². The quantitative estimate of drug-likeness (QED) is 0.801. The highest BCUT2D eigenvalue weighted by atomic mass is 16.3. The minimum Gasteiger partial charge on any atom is -0.392 e. The van der Waals surface area contributed by atoms with Gasteiger partial charge in [-0.3, -0.25) is 9.59 Å². The lowest BCUT2D eigenvalue weighted by atomic mass is 9.93. The molecule has 2 aliphatic rings. The molecule has 0 aliphatic carbocycles. The van der Waals surface area contributed by atoms with Crippen LogP contribution >= 0.6 is 0 Å². The predicted molar refractivity (Wildman–Crippen MR) is 116 cm³/mol. The third kappa shape index (κ3) is 4.62. The van der Waals surface area contributed by atoms with Gasteiger partial charge in [0.2, 0.25) is 11.8 Å². The summed E-state index contributed by atoms with van der Waals surface area (Å²) in [5, 5.41) is 10.5. The first-order valence-corrected chi connectivity index (χ1v) is 10.7. The number of carbonyl (C=O) groups excluding carboxylic acids is 2. The number of aryl methyl sites for hydroxylation is 1. The van der Waals surface area contributed by atoms with Crippen molar-refractivity contribution in [3.8, 4) is 0 Å². The molecule has 2 aromatic rings. The lowest BCUT2D eigenvalue weighted by molar-refractivity contribution is -0.145. The third-order valence-corrected chi connectivity index (χ3v) is 6.09. The number of rotatable bonds is 3. The van der Waals surface area contributed by atoms with Crippen LogP contribution in [0.5, 0.6) is 0 Å². The van der Waals surface area contributed by atoms with Gasteiger partial charge < -0.3 is 14.9 Å². The molecule has 1 N–H and O–H groups in total. The van der Waals surface area contributed by atoms with Gasteiger partial charge in [0.1, 0.15) is 0 Å². The fourth-order valence-electron chi connectivity index (χ4n) is 4.34. The molecule has 2 atom stereocenters. The first-order valence-electron chi connectivity index (χ1n) is 10.7. The molecule has 0 unspecified atom stereocenters. The van der Waals surface area contributed by atoms with Crippen LogP contribution in [0.3, 0.4) is 0 Å². The van der Waals surface area contributed by atoms with Gasteiger partial charge in [0.15, 0.2) is 0 Å². The summed E-state index contributed by atoms with van der Waals surface area (Å²) >= 11 is 0. The molecule has 4 rings (SSSR count). The fraction of sp³-hybridized carbons (Fsp3) is 0.360. The Morgan fingerprint density at radius 3 is 2.47 bits per heavy atom. The standard InChI is InChI=1S/C25H28N2O3/c28-23-14-16-26(24(29)13-12-19-7-2-1-3-8-19)18-22(23)25(30)27-15-6-11-20-9-4-5-10-21(20)17-27/h1-5,7-10,12-13,22-23,28H,6,11,14-18H2/t22-,23+/m0/s1. The van der Waals surface area contributed by atoms with Crippen molar-refractivity contribution >= 4 is 17.9 Å². The Labute approximate surface area is 177 Å². The lowest BCUT2D eigenvalue weighted by Gasteiger charge is -2.37. The summed E-state index contributed by atoms with van der Waals surface area (Å²) in [6, 6.07) is 17.9. The van der Waals surface area contributed by atoms with Gasteiger partial charge >= 0.3 is 0 Å². The Hall–Kier alpha value is -2.92. The third-order valence-electron chi connectivity index (χ3n) is 6.09. The van der Waals surface area contributed by atoms with Crippen molar-refractivity contribution in [2.45, 2.75) is 31.9 Å². The largest absolute Gasteiger partial charge is 0.392 e. The zero-order chi connectivity index (χ0) is 20.9. The molecular formula is C25H28N2O3. The van der Waals surface area contributed by atoms with Gasteiger partial charge in [-0.25, -0.2) is 0 Å². The normalized spacial score (nSPS) is 21.9. The van der Waals surface area contributed by atoms with E-state index >= 15 is 0 Å². The highest BCUT2D eigenvalue weighted by molar-refractivity contribution is 5.92. The Morgan fingerprint density at radius 1 is 0.933 bits per heavy atom. The molecule has 30 heavy (non-hydrogen) atoms. The molecule has 2 amide bonds. The molecular weight excluding hydrogens is 376 g/mol. The van der Waals surface area contributed by atoms with Crippen molar-refractivity contribution in [1.29, 1.82) is 0 Å². The fourth-order valence-corrected chi connectivity index (χ4v) is 4.34. The molecule has 0 radical (unpaired) electrons. The van der Waals surface area contributed by atoms with Crippen molar-refractivity contribution in [3.63, 3.8) is 0 Å². The lowest BCUT2D eigenvalue weighted by Crippen LogP contribution is -2.52. The maximum atomic E-state index is 13.3. The summed E-state index contributed by atoms with van der Waals surface area (Å²) in [5.41, 5.74) is 3.42. The highest BCUT2D eigenvalue weighted by Gasteiger charge is 2.37. The van der Waals surface area contributed by atoms with Crippen molar-refractivity contribution in [3.05, 3.63) is 77.4 Å². The number of carbonyl (C=O) groups is 2. The predicted octanol–water partition coefficient (Wildman–Crippen LogP) is 2.88. The van der Waals surface area contributed by atoms with E-state index in [1.54, 1.807) is 17.1 Å². The topological polar surface area (TPSA) is 60.9 Å². The Bertz CT molecular complexity index is 925. The van der Waals surface area contributed by atoms with Crippen LogP contribution in [0.25, 0.3) is 6.08 Å². The first-order chi connectivity index (χ1) is 14.6. The monoisotopic (exact) mass is 404 g/mol. The summed E-state index contributed by atoms with van der Waals surface area (Å²) in [6.07, 6.45) is 4.92. The molecule has 0 aromatic heterocycles.